The second-order valence-corrected chi connectivity index (χ2v) is 4.39. The first-order chi connectivity index (χ1) is 8.83. The third kappa shape index (κ3) is 3.06. The number of ether oxygens (including phenoxy) is 1. The topological polar surface area (TPSA) is 22.1 Å². The lowest BCUT2D eigenvalue weighted by Crippen LogP contribution is -1.87. The highest BCUT2D eigenvalue weighted by Gasteiger charge is 1.96. The summed E-state index contributed by atoms with van der Waals surface area (Å²) < 4.78 is 5.01. The molecule has 90 valence electrons. The number of thioether (sulfide) groups is 1. The SMILES string of the molecule is COc1ccc(C#Cc2ccccc2SC)cn1. The summed E-state index contributed by atoms with van der Waals surface area (Å²) in [6.07, 6.45) is 3.77. The number of methoxy groups -OCH3 is 1. The highest BCUT2D eigenvalue weighted by Crippen LogP contribution is 2.18. The lowest BCUT2D eigenvalue weighted by Gasteiger charge is -1.99. The van der Waals surface area contributed by atoms with Crippen molar-refractivity contribution in [3.8, 4) is 17.7 Å². The van der Waals surface area contributed by atoms with Crippen molar-refractivity contribution in [1.29, 1.82) is 0 Å². The number of hydrogen-bond donors (Lipinski definition) is 0. The van der Waals surface area contributed by atoms with Crippen LogP contribution in [0.4, 0.5) is 0 Å². The van der Waals surface area contributed by atoms with Gasteiger partial charge < -0.3 is 4.74 Å². The van der Waals surface area contributed by atoms with Crippen molar-refractivity contribution < 1.29 is 4.74 Å². The molecule has 0 unspecified atom stereocenters. The fraction of sp³-hybridized carbons (Fsp3) is 0.133. The number of pyridine rings is 1. The van der Waals surface area contributed by atoms with E-state index >= 15 is 0 Å². The van der Waals surface area contributed by atoms with Gasteiger partial charge in [0.1, 0.15) is 0 Å². The van der Waals surface area contributed by atoms with Crippen molar-refractivity contribution in [2.45, 2.75) is 4.90 Å². The maximum atomic E-state index is 5.01. The van der Waals surface area contributed by atoms with E-state index in [0.717, 1.165) is 11.1 Å². The van der Waals surface area contributed by atoms with Crippen molar-refractivity contribution in [1.82, 2.24) is 4.98 Å². The Balaban J connectivity index is 2.25. The Kier molecular flexibility index (Phi) is 4.27. The van der Waals surface area contributed by atoms with Crippen LogP contribution >= 0.6 is 11.8 Å². The minimum absolute atomic E-state index is 0.602. The quantitative estimate of drug-likeness (QED) is 0.607. The molecule has 0 aliphatic rings. The molecule has 2 aromatic rings. The molecule has 0 N–H and O–H groups in total. The Labute approximate surface area is 111 Å². The third-order valence-corrected chi connectivity index (χ3v) is 3.19. The molecule has 0 saturated heterocycles. The van der Waals surface area contributed by atoms with E-state index in [1.807, 2.05) is 30.3 Å². The van der Waals surface area contributed by atoms with Gasteiger partial charge in [-0.2, -0.15) is 0 Å². The molecule has 1 aromatic heterocycles. The van der Waals surface area contributed by atoms with E-state index in [1.165, 1.54) is 4.90 Å². The molecular weight excluding hydrogens is 242 g/mol. The number of benzene rings is 1. The van der Waals surface area contributed by atoms with E-state index in [-0.39, 0.29) is 0 Å². The second-order valence-electron chi connectivity index (χ2n) is 3.54. The summed E-state index contributed by atoms with van der Waals surface area (Å²) in [7, 11) is 1.60. The predicted molar refractivity (Wildman–Crippen MR) is 75.0 cm³/mol. The monoisotopic (exact) mass is 255 g/mol. The summed E-state index contributed by atoms with van der Waals surface area (Å²) in [6.45, 7) is 0. The lowest BCUT2D eigenvalue weighted by atomic mass is 10.2. The molecule has 2 rings (SSSR count). The van der Waals surface area contributed by atoms with Crippen LogP contribution in [0, 0.1) is 11.8 Å². The lowest BCUT2D eigenvalue weighted by molar-refractivity contribution is 0.398. The van der Waals surface area contributed by atoms with E-state index in [4.69, 9.17) is 4.74 Å². The van der Waals surface area contributed by atoms with Gasteiger partial charge in [-0.3, -0.25) is 0 Å². The molecule has 0 radical (unpaired) electrons. The van der Waals surface area contributed by atoms with Gasteiger partial charge in [-0.15, -0.1) is 11.8 Å². The van der Waals surface area contributed by atoms with Crippen LogP contribution in [0.5, 0.6) is 5.88 Å². The van der Waals surface area contributed by atoms with Crippen LogP contribution < -0.4 is 4.74 Å². The Hall–Kier alpha value is -1.92. The van der Waals surface area contributed by atoms with Gasteiger partial charge in [-0.05, 0) is 24.5 Å². The van der Waals surface area contributed by atoms with E-state index in [2.05, 4.69) is 29.1 Å². The summed E-state index contributed by atoms with van der Waals surface area (Å²) in [5.74, 6) is 6.87. The van der Waals surface area contributed by atoms with Gasteiger partial charge in [0.15, 0.2) is 0 Å². The zero-order valence-corrected chi connectivity index (χ0v) is 11.1. The molecule has 3 heteroatoms. The van der Waals surface area contributed by atoms with Gasteiger partial charge in [0.05, 0.1) is 7.11 Å². The molecule has 1 aromatic carbocycles. The van der Waals surface area contributed by atoms with Crippen molar-refractivity contribution >= 4 is 11.8 Å². The van der Waals surface area contributed by atoms with Crippen molar-refractivity contribution in [2.24, 2.45) is 0 Å². The van der Waals surface area contributed by atoms with Crippen LogP contribution in [-0.4, -0.2) is 18.3 Å². The van der Waals surface area contributed by atoms with E-state index in [1.54, 1.807) is 25.1 Å². The fourth-order valence-corrected chi connectivity index (χ4v) is 2.02. The molecule has 0 aliphatic carbocycles. The Morgan fingerprint density at radius 1 is 1.11 bits per heavy atom. The number of nitrogens with zero attached hydrogens (tertiary/aromatic N) is 1. The predicted octanol–water partition coefficient (Wildman–Crippen LogP) is 3.21. The minimum atomic E-state index is 0.602. The van der Waals surface area contributed by atoms with Crippen LogP contribution in [0.15, 0.2) is 47.5 Å². The zero-order valence-electron chi connectivity index (χ0n) is 10.3. The Morgan fingerprint density at radius 2 is 1.94 bits per heavy atom. The van der Waals surface area contributed by atoms with Crippen LogP contribution in [-0.2, 0) is 0 Å². The molecule has 0 aliphatic heterocycles. The van der Waals surface area contributed by atoms with Gasteiger partial charge in [-0.25, -0.2) is 4.98 Å². The van der Waals surface area contributed by atoms with Gasteiger partial charge >= 0.3 is 0 Å². The van der Waals surface area contributed by atoms with Crippen LogP contribution in [0.25, 0.3) is 0 Å². The zero-order chi connectivity index (χ0) is 12.8. The van der Waals surface area contributed by atoms with Crippen molar-refractivity contribution in [2.75, 3.05) is 13.4 Å². The minimum Gasteiger partial charge on any atom is -0.481 e. The molecule has 0 bridgehead atoms. The number of aromatic nitrogens is 1. The maximum Gasteiger partial charge on any atom is 0.212 e. The first-order valence-corrected chi connectivity index (χ1v) is 6.71. The summed E-state index contributed by atoms with van der Waals surface area (Å²) in [4.78, 5) is 5.31. The first-order valence-electron chi connectivity index (χ1n) is 5.48. The smallest absolute Gasteiger partial charge is 0.212 e. The molecule has 0 amide bonds. The molecule has 0 fully saturated rings. The number of hydrogen-bond acceptors (Lipinski definition) is 3. The molecule has 0 atom stereocenters. The van der Waals surface area contributed by atoms with E-state index < -0.39 is 0 Å². The Bertz CT molecular complexity index is 581. The maximum absolute atomic E-state index is 5.01. The average Bonchev–Trinajstić information content (AvgIpc) is 2.46. The molecule has 2 nitrogen and oxygen atoms in total. The van der Waals surface area contributed by atoms with Gasteiger partial charge in [0.2, 0.25) is 5.88 Å². The first kappa shape index (κ1) is 12.5. The van der Waals surface area contributed by atoms with E-state index in [9.17, 15) is 0 Å². The van der Waals surface area contributed by atoms with Crippen LogP contribution in [0.1, 0.15) is 11.1 Å². The Morgan fingerprint density at radius 3 is 2.61 bits per heavy atom. The fourth-order valence-electron chi connectivity index (χ4n) is 1.46. The summed E-state index contributed by atoms with van der Waals surface area (Å²) in [5, 5.41) is 0. The number of rotatable bonds is 2. The molecular formula is C15H13NOS. The average molecular weight is 255 g/mol. The molecule has 18 heavy (non-hydrogen) atoms. The van der Waals surface area contributed by atoms with Gasteiger partial charge in [0.25, 0.3) is 0 Å². The normalized spacial score (nSPS) is 9.44. The van der Waals surface area contributed by atoms with Gasteiger partial charge in [-0.1, -0.05) is 24.0 Å². The van der Waals surface area contributed by atoms with E-state index in [0.29, 0.717) is 5.88 Å². The van der Waals surface area contributed by atoms with Crippen LogP contribution in [0.3, 0.4) is 0 Å². The van der Waals surface area contributed by atoms with Crippen molar-refractivity contribution in [3.63, 3.8) is 0 Å². The highest BCUT2D eigenvalue weighted by molar-refractivity contribution is 7.98. The summed E-state index contributed by atoms with van der Waals surface area (Å²) >= 11 is 1.70. The molecule has 0 spiro atoms. The third-order valence-electron chi connectivity index (χ3n) is 2.39. The highest BCUT2D eigenvalue weighted by atomic mass is 32.2. The largest absolute Gasteiger partial charge is 0.481 e. The summed E-state index contributed by atoms with van der Waals surface area (Å²) in [6, 6.07) is 11.8. The molecule has 0 saturated carbocycles. The summed E-state index contributed by atoms with van der Waals surface area (Å²) in [5.41, 5.74) is 1.92. The van der Waals surface area contributed by atoms with Crippen LogP contribution in [0.2, 0.25) is 0 Å². The van der Waals surface area contributed by atoms with Gasteiger partial charge in [0, 0.05) is 28.3 Å². The molecule has 1 heterocycles. The van der Waals surface area contributed by atoms with Crippen molar-refractivity contribution in [3.05, 3.63) is 53.7 Å². The second kappa shape index (κ2) is 6.13. The standard InChI is InChI=1S/C15H13NOS/c1-17-15-10-8-12(11-16-15)7-9-13-5-3-4-6-14(13)18-2/h3-6,8,10-11H,1-2H3.